The lowest BCUT2D eigenvalue weighted by atomic mass is 10.2. The second kappa shape index (κ2) is 8.99. The van der Waals surface area contributed by atoms with E-state index in [2.05, 4.69) is 26.0 Å². The van der Waals surface area contributed by atoms with Gasteiger partial charge < -0.3 is 21.1 Å². The van der Waals surface area contributed by atoms with E-state index in [4.69, 9.17) is 0 Å². The van der Waals surface area contributed by atoms with E-state index in [1.807, 2.05) is 14.0 Å². The van der Waals surface area contributed by atoms with Crippen molar-refractivity contribution in [3.05, 3.63) is 35.7 Å². The number of amides is 1. The summed E-state index contributed by atoms with van der Waals surface area (Å²) in [7, 11) is 1.82. The number of aryl methyl sites for hydroxylation is 2. The number of carbonyl (C=O) groups excluding carboxylic acids is 1. The molecule has 0 bridgehead atoms. The minimum Gasteiger partial charge on any atom is -0.395 e. The summed E-state index contributed by atoms with van der Waals surface area (Å²) in [6.45, 7) is 3.71. The number of aliphatic hydroxyl groups is 1. The monoisotopic (exact) mass is 332 g/mol. The van der Waals surface area contributed by atoms with Crippen molar-refractivity contribution in [1.82, 2.24) is 20.4 Å². The van der Waals surface area contributed by atoms with E-state index in [1.165, 1.54) is 0 Å². The van der Waals surface area contributed by atoms with Crippen molar-refractivity contribution < 1.29 is 9.90 Å². The van der Waals surface area contributed by atoms with Gasteiger partial charge in [0, 0.05) is 44.2 Å². The van der Waals surface area contributed by atoms with Crippen LogP contribution < -0.4 is 16.0 Å². The van der Waals surface area contributed by atoms with Gasteiger partial charge in [-0.15, -0.1) is 0 Å². The smallest absolute Gasteiger partial charge is 0.258 e. The number of carbonyl (C=O) groups is 1. The Hall–Kier alpha value is -2.45. The van der Waals surface area contributed by atoms with Crippen LogP contribution in [-0.2, 0) is 11.8 Å². The topological polar surface area (TPSA) is 104 Å². The third-order valence-electron chi connectivity index (χ3n) is 3.60. The first-order valence-electron chi connectivity index (χ1n) is 7.86. The summed E-state index contributed by atoms with van der Waals surface area (Å²) in [4.78, 5) is 16.6. The molecule has 1 unspecified atom stereocenters. The molecule has 1 aromatic rings. The Balaban J connectivity index is 2.06. The highest BCUT2D eigenvalue weighted by molar-refractivity contribution is 6.17. The highest BCUT2D eigenvalue weighted by atomic mass is 16.3. The molecule has 0 radical (unpaired) electrons. The van der Waals surface area contributed by atoms with E-state index in [1.54, 1.807) is 35.3 Å². The minimum atomic E-state index is -0.264. The maximum Gasteiger partial charge on any atom is 0.258 e. The van der Waals surface area contributed by atoms with Crippen molar-refractivity contribution in [2.24, 2.45) is 12.0 Å². The largest absolute Gasteiger partial charge is 0.395 e. The molecular weight excluding hydrogens is 308 g/mol. The van der Waals surface area contributed by atoms with E-state index < -0.39 is 0 Å². The van der Waals surface area contributed by atoms with Crippen LogP contribution >= 0.6 is 0 Å². The van der Waals surface area contributed by atoms with E-state index in [0.29, 0.717) is 31.0 Å². The van der Waals surface area contributed by atoms with Gasteiger partial charge in [0.1, 0.15) is 0 Å². The number of aliphatic imine (C=N–C) groups is 1. The molecular formula is C16H24N6O2. The van der Waals surface area contributed by atoms with Gasteiger partial charge in [0.2, 0.25) is 0 Å². The first-order valence-corrected chi connectivity index (χ1v) is 7.86. The van der Waals surface area contributed by atoms with Crippen molar-refractivity contribution >= 4 is 17.9 Å². The number of aliphatic hydroxyl groups excluding tert-OH is 1. The lowest BCUT2D eigenvalue weighted by molar-refractivity contribution is -0.112. The average Bonchev–Trinajstić information content (AvgIpc) is 2.85. The molecule has 0 aromatic carbocycles. The molecule has 1 aliphatic heterocycles. The molecule has 1 aliphatic rings. The molecule has 1 amide bonds. The molecule has 0 saturated carbocycles. The summed E-state index contributed by atoms with van der Waals surface area (Å²) < 4.78 is 1.70. The summed E-state index contributed by atoms with van der Waals surface area (Å²) in [6, 6.07) is 1.78. The van der Waals surface area contributed by atoms with E-state index in [0.717, 1.165) is 5.69 Å². The molecule has 0 fully saturated rings. The first-order chi connectivity index (χ1) is 11.6. The Bertz CT molecular complexity index is 627. The number of nitrogens with zero attached hydrogens (tertiary/aromatic N) is 3. The summed E-state index contributed by atoms with van der Waals surface area (Å²) in [5.74, 6) is 0.245. The zero-order chi connectivity index (χ0) is 17.4. The molecule has 4 N–H and O–H groups in total. The molecule has 8 heteroatoms. The van der Waals surface area contributed by atoms with Gasteiger partial charge in [0.05, 0.1) is 18.7 Å². The van der Waals surface area contributed by atoms with E-state index in [9.17, 15) is 9.90 Å². The van der Waals surface area contributed by atoms with E-state index >= 15 is 0 Å². The van der Waals surface area contributed by atoms with Crippen LogP contribution in [0.4, 0.5) is 5.82 Å². The van der Waals surface area contributed by atoms with Gasteiger partial charge in [-0.25, -0.2) is 0 Å². The third-order valence-corrected chi connectivity index (χ3v) is 3.60. The highest BCUT2D eigenvalue weighted by Gasteiger charge is 2.10. The van der Waals surface area contributed by atoms with Gasteiger partial charge in [0.15, 0.2) is 5.82 Å². The second-order valence-corrected chi connectivity index (χ2v) is 5.51. The Morgan fingerprint density at radius 3 is 3.08 bits per heavy atom. The maximum atomic E-state index is 12.4. The predicted octanol–water partition coefficient (Wildman–Crippen LogP) is -0.268. The summed E-state index contributed by atoms with van der Waals surface area (Å²) in [5, 5.41) is 22.5. The number of nitrogens with one attached hydrogen (secondary N) is 3. The van der Waals surface area contributed by atoms with E-state index in [-0.39, 0.29) is 18.6 Å². The van der Waals surface area contributed by atoms with Crippen LogP contribution in [0.15, 0.2) is 35.0 Å². The number of anilines is 1. The molecule has 24 heavy (non-hydrogen) atoms. The number of hydrogen-bond acceptors (Lipinski definition) is 6. The quantitative estimate of drug-likeness (QED) is 0.610. The van der Waals surface area contributed by atoms with Crippen LogP contribution in [0, 0.1) is 6.92 Å². The van der Waals surface area contributed by atoms with Crippen LogP contribution in [0.2, 0.25) is 0 Å². The average molecular weight is 332 g/mol. The third kappa shape index (κ3) is 5.32. The fraction of sp³-hybridized carbons (Fsp3) is 0.438. The van der Waals surface area contributed by atoms with Gasteiger partial charge in [-0.1, -0.05) is 0 Å². The lowest BCUT2D eigenvalue weighted by Crippen LogP contribution is -2.41. The summed E-state index contributed by atoms with van der Waals surface area (Å²) >= 11 is 0. The SMILES string of the molecule is Cc1cc(NC(=O)/C2=C/C=C/NCC(CO)NCCN=C2)nn1C. The summed E-state index contributed by atoms with van der Waals surface area (Å²) in [5.41, 5.74) is 1.40. The van der Waals surface area contributed by atoms with Crippen LogP contribution in [0.3, 0.4) is 0 Å². The first kappa shape index (κ1) is 17.9. The van der Waals surface area contributed by atoms with Crippen LogP contribution in [0.25, 0.3) is 0 Å². The molecule has 0 spiro atoms. The van der Waals surface area contributed by atoms with Crippen molar-refractivity contribution in [3.63, 3.8) is 0 Å². The number of hydrogen-bond donors (Lipinski definition) is 4. The fourth-order valence-electron chi connectivity index (χ4n) is 2.12. The molecule has 1 atom stereocenters. The van der Waals surface area contributed by atoms with Gasteiger partial charge in [-0.2, -0.15) is 5.10 Å². The zero-order valence-electron chi connectivity index (χ0n) is 14.0. The van der Waals surface area contributed by atoms with Crippen molar-refractivity contribution in [2.45, 2.75) is 13.0 Å². The lowest BCUT2D eigenvalue weighted by Gasteiger charge is -2.15. The van der Waals surface area contributed by atoms with Crippen LogP contribution in [-0.4, -0.2) is 59.3 Å². The fourth-order valence-corrected chi connectivity index (χ4v) is 2.12. The van der Waals surface area contributed by atoms with Gasteiger partial charge >= 0.3 is 0 Å². The molecule has 1 aromatic heterocycles. The van der Waals surface area contributed by atoms with Crippen molar-refractivity contribution in [1.29, 1.82) is 0 Å². The molecule has 8 nitrogen and oxygen atoms in total. The van der Waals surface area contributed by atoms with Gasteiger partial charge in [-0.05, 0) is 25.3 Å². The number of rotatable bonds is 3. The molecule has 2 heterocycles. The molecule has 130 valence electrons. The summed E-state index contributed by atoms with van der Waals surface area (Å²) in [6.07, 6.45) is 6.70. The Morgan fingerprint density at radius 2 is 2.38 bits per heavy atom. The Kier molecular flexibility index (Phi) is 6.71. The maximum absolute atomic E-state index is 12.4. The van der Waals surface area contributed by atoms with Crippen molar-refractivity contribution in [3.8, 4) is 0 Å². The predicted molar refractivity (Wildman–Crippen MR) is 94.0 cm³/mol. The number of aromatic nitrogens is 2. The molecule has 0 saturated heterocycles. The molecule has 0 aliphatic carbocycles. The van der Waals surface area contributed by atoms with Crippen LogP contribution in [0.5, 0.6) is 0 Å². The van der Waals surface area contributed by atoms with Gasteiger partial charge in [0.25, 0.3) is 5.91 Å². The van der Waals surface area contributed by atoms with Crippen LogP contribution in [0.1, 0.15) is 5.69 Å². The van der Waals surface area contributed by atoms with Crippen molar-refractivity contribution in [2.75, 3.05) is 31.6 Å². The Labute approximate surface area is 141 Å². The van der Waals surface area contributed by atoms with Gasteiger partial charge in [-0.3, -0.25) is 14.5 Å². The number of allylic oxidation sites excluding steroid dienone is 2. The Morgan fingerprint density at radius 1 is 1.54 bits per heavy atom. The zero-order valence-corrected chi connectivity index (χ0v) is 14.0. The minimum absolute atomic E-state index is 0.0246. The molecule has 2 rings (SSSR count). The standard InChI is InChI=1S/C16H24N6O2/c1-12-8-15(21-22(12)2)20-16(24)13-4-3-5-17-10-14(11-23)19-7-6-18-9-13/h3-5,8-9,14,17,19,23H,6-7,10-11H2,1-2H3,(H,20,21,24)/b5-3+,13-4+,18-9?. The second-order valence-electron chi connectivity index (χ2n) is 5.51. The normalized spacial score (nSPS) is 22.5. The highest BCUT2D eigenvalue weighted by Crippen LogP contribution is 2.08.